The second-order valence-electron chi connectivity index (χ2n) is 7.20. The number of para-hydroxylation sites is 1. The summed E-state index contributed by atoms with van der Waals surface area (Å²) in [6, 6.07) is 17.7. The number of nitrogens with zero attached hydrogens (tertiary/aromatic N) is 4. The summed E-state index contributed by atoms with van der Waals surface area (Å²) in [5, 5.41) is 8.54. The van der Waals surface area contributed by atoms with Crippen molar-refractivity contribution in [1.29, 1.82) is 0 Å². The molecule has 0 radical (unpaired) electrons. The lowest BCUT2D eigenvalue weighted by Gasteiger charge is -2.38. The molecule has 1 spiro atoms. The molecule has 1 saturated heterocycles. The molecule has 0 N–H and O–H groups in total. The highest BCUT2D eigenvalue weighted by Gasteiger charge is 2.47. The summed E-state index contributed by atoms with van der Waals surface area (Å²) in [5.74, 6) is -0.190. The molecule has 3 aromatic rings. The fourth-order valence-electron chi connectivity index (χ4n) is 4.10. The van der Waals surface area contributed by atoms with Gasteiger partial charge >= 0.3 is 5.97 Å². The van der Waals surface area contributed by atoms with Crippen LogP contribution in [0.25, 0.3) is 5.69 Å². The highest BCUT2D eigenvalue weighted by Crippen LogP contribution is 2.44. The van der Waals surface area contributed by atoms with Crippen molar-refractivity contribution >= 4 is 5.97 Å². The second kappa shape index (κ2) is 6.32. The lowest BCUT2D eigenvalue weighted by molar-refractivity contribution is -0.0442. The fraction of sp³-hybridized carbons (Fsp3) is 0.286. The maximum absolute atomic E-state index is 12.2. The van der Waals surface area contributed by atoms with Gasteiger partial charge in [-0.1, -0.05) is 41.6 Å². The minimum atomic E-state index is -0.453. The standard InChI is InChI=1S/C21H20N4O2/c26-20-18-8-4-5-9-19(18)21(27-20)10-12-24(13-11-21)14-16-15-25(23-22-16)17-6-2-1-3-7-17/h1-9,15H,10-14H2. The second-order valence-corrected chi connectivity index (χ2v) is 7.20. The van der Waals surface area contributed by atoms with Crippen LogP contribution in [0, 0.1) is 0 Å². The van der Waals surface area contributed by atoms with Crippen molar-refractivity contribution in [3.63, 3.8) is 0 Å². The number of piperidine rings is 1. The molecule has 1 fully saturated rings. The van der Waals surface area contributed by atoms with Crippen LogP contribution in [-0.2, 0) is 16.9 Å². The van der Waals surface area contributed by atoms with E-state index in [2.05, 4.69) is 15.2 Å². The minimum Gasteiger partial charge on any atom is -0.450 e. The molecule has 6 heteroatoms. The Morgan fingerprint density at radius 1 is 1.00 bits per heavy atom. The van der Waals surface area contributed by atoms with Gasteiger partial charge in [0.2, 0.25) is 0 Å². The van der Waals surface area contributed by atoms with Crippen LogP contribution in [0.4, 0.5) is 0 Å². The Hall–Kier alpha value is -2.99. The molecule has 5 rings (SSSR count). The average molecular weight is 360 g/mol. The van der Waals surface area contributed by atoms with Crippen LogP contribution in [0.2, 0.25) is 0 Å². The molecule has 2 aromatic carbocycles. The quantitative estimate of drug-likeness (QED) is 0.672. The van der Waals surface area contributed by atoms with Gasteiger partial charge in [0.15, 0.2) is 0 Å². The lowest BCUT2D eigenvalue weighted by atomic mass is 9.84. The number of likely N-dealkylation sites (tertiary alicyclic amines) is 1. The van der Waals surface area contributed by atoms with E-state index < -0.39 is 5.60 Å². The zero-order chi connectivity index (χ0) is 18.3. The Morgan fingerprint density at radius 3 is 2.56 bits per heavy atom. The van der Waals surface area contributed by atoms with E-state index in [1.165, 1.54) is 0 Å². The van der Waals surface area contributed by atoms with Crippen LogP contribution < -0.4 is 0 Å². The van der Waals surface area contributed by atoms with Crippen molar-refractivity contribution in [3.05, 3.63) is 77.6 Å². The predicted octanol–water partition coefficient (Wildman–Crippen LogP) is 2.93. The molecule has 0 bridgehead atoms. The van der Waals surface area contributed by atoms with Gasteiger partial charge in [-0.25, -0.2) is 9.48 Å². The van der Waals surface area contributed by atoms with Crippen molar-refractivity contribution in [2.45, 2.75) is 25.0 Å². The maximum Gasteiger partial charge on any atom is 0.339 e. The van der Waals surface area contributed by atoms with Gasteiger partial charge in [-0.05, 0) is 18.2 Å². The number of hydrogen-bond acceptors (Lipinski definition) is 5. The van der Waals surface area contributed by atoms with E-state index >= 15 is 0 Å². The van der Waals surface area contributed by atoms with Gasteiger partial charge in [-0.3, -0.25) is 4.90 Å². The number of carbonyl (C=O) groups excluding carboxylic acids is 1. The number of carbonyl (C=O) groups is 1. The Labute approximate surface area is 157 Å². The zero-order valence-corrected chi connectivity index (χ0v) is 14.9. The monoisotopic (exact) mass is 360 g/mol. The van der Waals surface area contributed by atoms with Gasteiger partial charge < -0.3 is 4.74 Å². The Morgan fingerprint density at radius 2 is 1.74 bits per heavy atom. The summed E-state index contributed by atoms with van der Waals surface area (Å²) >= 11 is 0. The lowest BCUT2D eigenvalue weighted by Crippen LogP contribution is -2.42. The Balaban J connectivity index is 1.27. The zero-order valence-electron chi connectivity index (χ0n) is 14.9. The van der Waals surface area contributed by atoms with Crippen LogP contribution in [0.1, 0.15) is 34.5 Å². The van der Waals surface area contributed by atoms with Crippen molar-refractivity contribution in [2.24, 2.45) is 0 Å². The van der Waals surface area contributed by atoms with Crippen molar-refractivity contribution < 1.29 is 9.53 Å². The molecule has 0 unspecified atom stereocenters. The highest BCUT2D eigenvalue weighted by molar-refractivity contribution is 5.94. The first-order valence-electron chi connectivity index (χ1n) is 9.25. The van der Waals surface area contributed by atoms with Crippen LogP contribution in [-0.4, -0.2) is 39.0 Å². The third-order valence-electron chi connectivity index (χ3n) is 5.54. The van der Waals surface area contributed by atoms with Gasteiger partial charge in [0.25, 0.3) is 0 Å². The number of hydrogen-bond donors (Lipinski definition) is 0. The molecule has 3 heterocycles. The molecular formula is C21H20N4O2. The third kappa shape index (κ3) is 2.82. The first-order chi connectivity index (χ1) is 13.2. The van der Waals surface area contributed by atoms with Crippen LogP contribution in [0.5, 0.6) is 0 Å². The Bertz CT molecular complexity index is 975. The van der Waals surface area contributed by atoms with Crippen LogP contribution in [0.3, 0.4) is 0 Å². The number of fused-ring (bicyclic) bond motifs is 2. The molecule has 2 aliphatic heterocycles. The van der Waals surface area contributed by atoms with Crippen LogP contribution >= 0.6 is 0 Å². The first kappa shape index (κ1) is 16.2. The summed E-state index contributed by atoms with van der Waals surface area (Å²) in [6.45, 7) is 2.47. The van der Waals surface area contributed by atoms with E-state index in [9.17, 15) is 4.79 Å². The van der Waals surface area contributed by atoms with Crippen LogP contribution in [0.15, 0.2) is 60.8 Å². The van der Waals surface area contributed by atoms with Gasteiger partial charge in [-0.15, -0.1) is 5.10 Å². The third-order valence-corrected chi connectivity index (χ3v) is 5.54. The van der Waals surface area contributed by atoms with E-state index in [4.69, 9.17) is 4.74 Å². The summed E-state index contributed by atoms with van der Waals surface area (Å²) in [4.78, 5) is 14.5. The van der Waals surface area contributed by atoms with E-state index in [1.807, 2.05) is 60.8 Å². The largest absolute Gasteiger partial charge is 0.450 e. The van der Waals surface area contributed by atoms with Crippen molar-refractivity contribution in [3.8, 4) is 5.69 Å². The van der Waals surface area contributed by atoms with Gasteiger partial charge in [-0.2, -0.15) is 0 Å². The highest BCUT2D eigenvalue weighted by atomic mass is 16.6. The fourth-order valence-corrected chi connectivity index (χ4v) is 4.10. The molecule has 0 atom stereocenters. The number of rotatable bonds is 3. The predicted molar refractivity (Wildman–Crippen MR) is 99.4 cm³/mol. The summed E-state index contributed by atoms with van der Waals surface area (Å²) in [7, 11) is 0. The van der Waals surface area contributed by atoms with E-state index in [1.54, 1.807) is 4.68 Å². The molecule has 0 aliphatic carbocycles. The minimum absolute atomic E-state index is 0.190. The molecule has 136 valence electrons. The van der Waals surface area contributed by atoms with Gasteiger partial charge in [0.05, 0.1) is 23.1 Å². The SMILES string of the molecule is O=C1OC2(CCN(Cc3cn(-c4ccccc4)nn3)CC2)c2ccccc21. The molecular weight excluding hydrogens is 340 g/mol. The first-order valence-corrected chi connectivity index (χ1v) is 9.25. The van der Waals surface area contributed by atoms with E-state index in [-0.39, 0.29) is 5.97 Å². The molecule has 0 saturated carbocycles. The number of aromatic nitrogens is 3. The molecule has 27 heavy (non-hydrogen) atoms. The number of benzene rings is 2. The summed E-state index contributed by atoms with van der Waals surface area (Å²) in [6.07, 6.45) is 3.59. The normalized spacial score (nSPS) is 18.4. The molecule has 6 nitrogen and oxygen atoms in total. The number of esters is 1. The Kier molecular flexibility index (Phi) is 3.79. The van der Waals surface area contributed by atoms with Crippen molar-refractivity contribution in [2.75, 3.05) is 13.1 Å². The summed E-state index contributed by atoms with van der Waals surface area (Å²) in [5.41, 5.74) is 3.26. The van der Waals surface area contributed by atoms with E-state index in [0.717, 1.165) is 55.0 Å². The van der Waals surface area contributed by atoms with Gasteiger partial charge in [0, 0.05) is 38.0 Å². The molecule has 1 aromatic heterocycles. The smallest absolute Gasteiger partial charge is 0.339 e. The maximum atomic E-state index is 12.2. The van der Waals surface area contributed by atoms with E-state index in [0.29, 0.717) is 0 Å². The summed E-state index contributed by atoms with van der Waals surface area (Å²) < 4.78 is 7.62. The number of ether oxygens (including phenoxy) is 1. The average Bonchev–Trinajstić information content (AvgIpc) is 3.28. The molecule has 2 aliphatic rings. The topological polar surface area (TPSA) is 60.2 Å². The van der Waals surface area contributed by atoms with Crippen molar-refractivity contribution in [1.82, 2.24) is 19.9 Å². The van der Waals surface area contributed by atoms with Gasteiger partial charge in [0.1, 0.15) is 5.60 Å². The molecule has 0 amide bonds.